The van der Waals surface area contributed by atoms with Gasteiger partial charge in [0.1, 0.15) is 6.15 Å². The molecule has 0 amide bonds. The molecular formula is C32H13BF24. The van der Waals surface area contributed by atoms with E-state index in [1.807, 2.05) is 0 Å². The SMILES string of the molecule is FC(F)(F)c1cc([B-](c2cc(C(F)(F)F)cc(C(F)(F)F)c2)(c2cc(C(F)(F)F)cc(C(F)(F)F)c2)c2cc(C(F)(F)F)cc(C(F)(F)F)c2)cc(C(F)(F)F)c1.[H+]. The van der Waals surface area contributed by atoms with Crippen molar-refractivity contribution in [2.45, 2.75) is 49.4 Å². The van der Waals surface area contributed by atoms with Gasteiger partial charge in [-0.3, -0.25) is 0 Å². The average Bonchev–Trinajstić information content (AvgIpc) is 3.01. The Morgan fingerprint density at radius 3 is 0.404 bits per heavy atom. The molecule has 0 radical (unpaired) electrons. The molecule has 312 valence electrons. The second-order valence-corrected chi connectivity index (χ2v) is 12.2. The van der Waals surface area contributed by atoms with Crippen molar-refractivity contribution in [3.63, 3.8) is 0 Å². The van der Waals surface area contributed by atoms with Crippen molar-refractivity contribution in [1.82, 2.24) is 0 Å². The fourth-order valence-corrected chi connectivity index (χ4v) is 6.07. The first-order chi connectivity index (χ1) is 25.3. The number of benzene rings is 4. The van der Waals surface area contributed by atoms with E-state index in [-0.39, 0.29) is 1.43 Å². The zero-order chi connectivity index (χ0) is 43.9. The van der Waals surface area contributed by atoms with Crippen LogP contribution in [0.2, 0.25) is 0 Å². The second-order valence-electron chi connectivity index (χ2n) is 12.2. The van der Waals surface area contributed by atoms with E-state index in [4.69, 9.17) is 0 Å². The minimum atomic E-state index is -6.13. The van der Waals surface area contributed by atoms with Crippen LogP contribution in [0.3, 0.4) is 0 Å². The Labute approximate surface area is 302 Å². The summed E-state index contributed by atoms with van der Waals surface area (Å²) >= 11 is 0. The zero-order valence-electron chi connectivity index (χ0n) is 27.6. The third kappa shape index (κ3) is 9.36. The van der Waals surface area contributed by atoms with Crippen molar-refractivity contribution in [1.29, 1.82) is 0 Å². The molecule has 0 unspecified atom stereocenters. The number of rotatable bonds is 4. The average molecular weight is 864 g/mol. The van der Waals surface area contributed by atoms with Crippen LogP contribution in [0.15, 0.2) is 72.8 Å². The van der Waals surface area contributed by atoms with E-state index < -0.39 is 195 Å². The largest absolute Gasteiger partial charge is 1.00 e. The monoisotopic (exact) mass is 864 g/mol. The summed E-state index contributed by atoms with van der Waals surface area (Å²) in [6.45, 7) is 0. The molecule has 0 nitrogen and oxygen atoms in total. The highest BCUT2D eigenvalue weighted by atomic mass is 19.4. The lowest BCUT2D eigenvalue weighted by atomic mass is 9.12. The summed E-state index contributed by atoms with van der Waals surface area (Å²) in [5.41, 5.74) is -30.2. The molecule has 0 fully saturated rings. The third-order valence-corrected chi connectivity index (χ3v) is 8.44. The Kier molecular flexibility index (Phi) is 10.8. The maximum absolute atomic E-state index is 14.2. The summed E-state index contributed by atoms with van der Waals surface area (Å²) in [6, 6.07) is -8.81. The van der Waals surface area contributed by atoms with Gasteiger partial charge in [0.25, 0.3) is 0 Å². The van der Waals surface area contributed by atoms with Gasteiger partial charge < -0.3 is 0 Å². The molecule has 0 spiro atoms. The maximum atomic E-state index is 14.2. The molecule has 0 heterocycles. The molecule has 0 saturated heterocycles. The molecule has 4 aromatic rings. The Bertz CT molecular complexity index is 1700. The molecule has 0 aliphatic carbocycles. The normalized spacial score (nSPS) is 14.3. The van der Waals surface area contributed by atoms with Gasteiger partial charge in [-0.05, 0) is 24.3 Å². The molecule has 4 aromatic carbocycles. The van der Waals surface area contributed by atoms with Crippen LogP contribution in [0.25, 0.3) is 0 Å². The second kappa shape index (κ2) is 13.7. The van der Waals surface area contributed by atoms with Gasteiger partial charge in [0.2, 0.25) is 0 Å². The number of hydrogen-bond acceptors (Lipinski definition) is 0. The van der Waals surface area contributed by atoms with Gasteiger partial charge >= 0.3 is 50.8 Å². The van der Waals surface area contributed by atoms with Crippen LogP contribution in [-0.2, 0) is 49.4 Å². The molecule has 4 rings (SSSR count). The van der Waals surface area contributed by atoms with Gasteiger partial charge in [0, 0.05) is 0 Å². The minimum Gasteiger partial charge on any atom is -0.194 e. The van der Waals surface area contributed by atoms with Gasteiger partial charge in [-0.1, -0.05) is 48.5 Å². The predicted molar refractivity (Wildman–Crippen MR) is 151 cm³/mol. The van der Waals surface area contributed by atoms with Crippen molar-refractivity contribution in [3.8, 4) is 0 Å². The van der Waals surface area contributed by atoms with Crippen LogP contribution in [0, 0.1) is 0 Å². The molecule has 0 aliphatic heterocycles. The van der Waals surface area contributed by atoms with E-state index in [0.717, 1.165) is 0 Å². The topological polar surface area (TPSA) is 0 Å². The molecular weight excluding hydrogens is 851 g/mol. The van der Waals surface area contributed by atoms with Gasteiger partial charge in [-0.15, -0.1) is 0 Å². The summed E-state index contributed by atoms with van der Waals surface area (Å²) in [4.78, 5) is 0. The van der Waals surface area contributed by atoms with Crippen molar-refractivity contribution in [2.75, 3.05) is 0 Å². The minimum absolute atomic E-state index is 0. The van der Waals surface area contributed by atoms with Crippen molar-refractivity contribution in [3.05, 3.63) is 117 Å². The third-order valence-electron chi connectivity index (χ3n) is 8.44. The highest BCUT2D eigenvalue weighted by molar-refractivity contribution is 7.20. The Morgan fingerprint density at radius 2 is 0.316 bits per heavy atom. The van der Waals surface area contributed by atoms with Gasteiger partial charge in [0.15, 0.2) is 0 Å². The smallest absolute Gasteiger partial charge is 0.194 e. The van der Waals surface area contributed by atoms with Crippen LogP contribution in [0.4, 0.5) is 105 Å². The summed E-state index contributed by atoms with van der Waals surface area (Å²) in [7, 11) is 0. The molecule has 0 N–H and O–H groups in total. The quantitative estimate of drug-likeness (QED) is 0.142. The Balaban J connectivity index is 0.00000900. The lowest BCUT2D eigenvalue weighted by molar-refractivity contribution is -0.144. The summed E-state index contributed by atoms with van der Waals surface area (Å²) in [6.07, 6.45) is -54.8. The zero-order valence-corrected chi connectivity index (χ0v) is 26.6. The summed E-state index contributed by atoms with van der Waals surface area (Å²) in [5, 5.41) is 0. The molecule has 25 heteroatoms. The summed E-state index contributed by atoms with van der Waals surface area (Å²) < 4.78 is 341. The first-order valence-corrected chi connectivity index (χ1v) is 14.6. The standard InChI is InChI=1S/C32H12BF24/c34-25(35,36)13-1-14(26(37,38)39)6-21(5-13)33(22-7-15(27(40,41)42)2-16(8-22)28(43,44)45,23-9-17(29(46,47)48)3-18(10-23)30(49,50)51)24-11-19(31(52,53)54)4-20(12-24)32(55,56)57/h1-12H/q-1/p+1. The van der Waals surface area contributed by atoms with Crippen LogP contribution < -0.4 is 21.9 Å². The lowest BCUT2D eigenvalue weighted by Crippen LogP contribution is -2.75. The summed E-state index contributed by atoms with van der Waals surface area (Å²) in [5.74, 6) is 0. The predicted octanol–water partition coefficient (Wildman–Crippen LogP) is 11.3. The Hall–Kier alpha value is -4.74. The molecule has 0 saturated carbocycles. The Morgan fingerprint density at radius 1 is 0.211 bits per heavy atom. The number of halogens is 24. The molecule has 0 bridgehead atoms. The molecule has 0 aromatic heterocycles. The first kappa shape index (κ1) is 45.0. The number of alkyl halides is 24. The maximum Gasteiger partial charge on any atom is 1.00 e. The van der Waals surface area contributed by atoms with E-state index in [1.54, 1.807) is 0 Å². The van der Waals surface area contributed by atoms with E-state index in [0.29, 0.717) is 0 Å². The van der Waals surface area contributed by atoms with E-state index in [9.17, 15) is 105 Å². The number of hydrogen-bond donors (Lipinski definition) is 0. The van der Waals surface area contributed by atoms with Crippen molar-refractivity contribution >= 4 is 28.0 Å². The van der Waals surface area contributed by atoms with Gasteiger partial charge in [-0.25, -0.2) is 0 Å². The first-order valence-electron chi connectivity index (χ1n) is 14.6. The van der Waals surface area contributed by atoms with E-state index in [2.05, 4.69) is 0 Å². The van der Waals surface area contributed by atoms with Crippen LogP contribution in [-0.4, -0.2) is 6.15 Å². The van der Waals surface area contributed by atoms with Crippen LogP contribution in [0.1, 0.15) is 45.9 Å². The molecule has 57 heavy (non-hydrogen) atoms. The fourth-order valence-electron chi connectivity index (χ4n) is 6.07. The van der Waals surface area contributed by atoms with Crippen LogP contribution >= 0.6 is 0 Å². The fraction of sp³-hybridized carbons (Fsp3) is 0.250. The highest BCUT2D eigenvalue weighted by Gasteiger charge is 2.47. The molecule has 0 atom stereocenters. The van der Waals surface area contributed by atoms with Gasteiger partial charge in [-0.2, -0.15) is 127 Å². The van der Waals surface area contributed by atoms with E-state index >= 15 is 0 Å². The highest BCUT2D eigenvalue weighted by Crippen LogP contribution is 2.41. The van der Waals surface area contributed by atoms with E-state index in [1.165, 1.54) is 0 Å². The van der Waals surface area contributed by atoms with Gasteiger partial charge in [0.05, 0.1) is 44.5 Å². The van der Waals surface area contributed by atoms with Crippen molar-refractivity contribution in [2.24, 2.45) is 0 Å². The van der Waals surface area contributed by atoms with Crippen LogP contribution in [0.5, 0.6) is 0 Å². The van der Waals surface area contributed by atoms with Crippen molar-refractivity contribution < 1.29 is 107 Å². The molecule has 0 aliphatic rings. The lowest BCUT2D eigenvalue weighted by Gasteiger charge is -2.46.